The first-order chi connectivity index (χ1) is 33.2. The van der Waals surface area contributed by atoms with Gasteiger partial charge in [-0.2, -0.15) is 5.10 Å². The normalized spacial score (nSPS) is 11.3. The number of benzene rings is 9. The van der Waals surface area contributed by atoms with Crippen molar-refractivity contribution in [2.75, 3.05) is 0 Å². The lowest BCUT2D eigenvalue weighted by Crippen LogP contribution is -2.00. The van der Waals surface area contributed by atoms with E-state index in [-0.39, 0.29) is 0 Å². The Balaban J connectivity index is 1.03. The first-order valence-corrected chi connectivity index (χ1v) is 22.6. The third kappa shape index (κ3) is 7.54. The molecule has 0 amide bonds. The van der Waals surface area contributed by atoms with Gasteiger partial charge < -0.3 is 0 Å². The van der Waals surface area contributed by atoms with Crippen molar-refractivity contribution in [2.24, 2.45) is 0 Å². The summed E-state index contributed by atoms with van der Waals surface area (Å²) in [6, 6.07) is 87.0. The average Bonchev–Trinajstić information content (AvgIpc) is 3.83. The smallest absolute Gasteiger partial charge is 0.164 e. The molecule has 12 aromatic rings. The lowest BCUT2D eigenvalue weighted by atomic mass is 9.93. The molecule has 0 radical (unpaired) electrons. The van der Waals surface area contributed by atoms with Crippen LogP contribution in [0.1, 0.15) is 0 Å². The monoisotopic (exact) mass is 855 g/mol. The number of fused-ring (bicyclic) bond motifs is 3. The van der Waals surface area contributed by atoms with Crippen LogP contribution in [0.5, 0.6) is 0 Å². The zero-order chi connectivity index (χ0) is 44.5. The molecule has 0 saturated heterocycles. The summed E-state index contributed by atoms with van der Waals surface area (Å²) in [6.45, 7) is 0. The Hall–Kier alpha value is -9.06. The molecular formula is C62H41N5. The van der Waals surface area contributed by atoms with E-state index in [0.29, 0.717) is 17.5 Å². The van der Waals surface area contributed by atoms with Gasteiger partial charge in [0.15, 0.2) is 17.5 Å². The van der Waals surface area contributed by atoms with Gasteiger partial charge in [0.05, 0.1) is 11.2 Å². The van der Waals surface area contributed by atoms with E-state index in [4.69, 9.17) is 20.1 Å². The Bertz CT molecular complexity index is 3580. The van der Waals surface area contributed by atoms with Gasteiger partial charge in [0, 0.05) is 38.8 Å². The maximum Gasteiger partial charge on any atom is 0.164 e. The van der Waals surface area contributed by atoms with E-state index < -0.39 is 0 Å². The lowest BCUT2D eigenvalue weighted by molar-refractivity contribution is 0.979. The van der Waals surface area contributed by atoms with Crippen LogP contribution in [0.15, 0.2) is 249 Å². The molecule has 3 aromatic heterocycles. The fraction of sp³-hybridized carbons (Fsp3) is 0. The van der Waals surface area contributed by atoms with Crippen molar-refractivity contribution in [1.82, 2.24) is 24.6 Å². The Morgan fingerprint density at radius 1 is 0.269 bits per heavy atom. The van der Waals surface area contributed by atoms with Gasteiger partial charge in [0.2, 0.25) is 0 Å². The number of nitrogens with zero attached hydrogens (tertiary/aromatic N) is 5. The molecule has 0 aliphatic heterocycles. The molecule has 0 fully saturated rings. The van der Waals surface area contributed by atoms with E-state index in [9.17, 15) is 0 Å². The summed E-state index contributed by atoms with van der Waals surface area (Å²) in [6.07, 6.45) is 0. The molecule has 0 atom stereocenters. The number of rotatable bonds is 9. The highest BCUT2D eigenvalue weighted by molar-refractivity contribution is 6.12. The average molecular weight is 856 g/mol. The van der Waals surface area contributed by atoms with Gasteiger partial charge in [-0.15, -0.1) is 0 Å². The molecule has 0 aliphatic carbocycles. The number of hydrogen-bond donors (Lipinski definition) is 0. The van der Waals surface area contributed by atoms with Crippen LogP contribution >= 0.6 is 0 Å². The molecule has 0 saturated carbocycles. The van der Waals surface area contributed by atoms with Crippen LogP contribution in [0.3, 0.4) is 0 Å². The maximum absolute atomic E-state index is 5.44. The molecule has 3 heterocycles. The van der Waals surface area contributed by atoms with E-state index in [1.54, 1.807) is 0 Å². The van der Waals surface area contributed by atoms with Crippen LogP contribution in [0.4, 0.5) is 0 Å². The maximum atomic E-state index is 5.44. The molecule has 0 bridgehead atoms. The molecular weight excluding hydrogens is 815 g/mol. The minimum absolute atomic E-state index is 0.600. The Labute approximate surface area is 389 Å². The third-order valence-corrected chi connectivity index (χ3v) is 12.5. The molecule has 314 valence electrons. The SMILES string of the molecule is c1ccc(-c2ccc(-c3nc(-c4ccc(-c5ccccc5)cc4)nc(-c4cccc(-c5cccc6c5cc(-c5ccccc5)n5nc(-c7ccccc7)c(-c7ccccc7)c65)c4)n3)cc2)cc1. The molecule has 0 aliphatic rings. The largest absolute Gasteiger partial charge is 0.231 e. The fourth-order valence-corrected chi connectivity index (χ4v) is 9.18. The first kappa shape index (κ1) is 39.5. The van der Waals surface area contributed by atoms with Gasteiger partial charge in [-0.25, -0.2) is 19.5 Å². The highest BCUT2D eigenvalue weighted by atomic mass is 15.2. The quantitative estimate of drug-likeness (QED) is 0.145. The highest BCUT2D eigenvalue weighted by Gasteiger charge is 2.23. The van der Waals surface area contributed by atoms with Gasteiger partial charge in [0.25, 0.3) is 0 Å². The van der Waals surface area contributed by atoms with Crippen molar-refractivity contribution in [2.45, 2.75) is 0 Å². The molecule has 12 rings (SSSR count). The molecule has 0 unspecified atom stereocenters. The van der Waals surface area contributed by atoms with E-state index >= 15 is 0 Å². The van der Waals surface area contributed by atoms with Gasteiger partial charge in [-0.1, -0.05) is 237 Å². The van der Waals surface area contributed by atoms with Crippen LogP contribution in [0.2, 0.25) is 0 Å². The van der Waals surface area contributed by atoms with Gasteiger partial charge in [-0.05, 0) is 56.5 Å². The summed E-state index contributed by atoms with van der Waals surface area (Å²) in [5.41, 5.74) is 16.8. The zero-order valence-corrected chi connectivity index (χ0v) is 36.4. The number of aromatic nitrogens is 5. The minimum Gasteiger partial charge on any atom is -0.231 e. The van der Waals surface area contributed by atoms with E-state index in [2.05, 4.69) is 241 Å². The van der Waals surface area contributed by atoms with Gasteiger partial charge in [0.1, 0.15) is 5.69 Å². The zero-order valence-electron chi connectivity index (χ0n) is 36.4. The van der Waals surface area contributed by atoms with Crippen LogP contribution < -0.4 is 0 Å². The second-order valence-corrected chi connectivity index (χ2v) is 16.7. The fourth-order valence-electron chi connectivity index (χ4n) is 9.18. The Morgan fingerprint density at radius 3 is 1.21 bits per heavy atom. The molecule has 9 aromatic carbocycles. The topological polar surface area (TPSA) is 56.0 Å². The molecule has 0 N–H and O–H groups in total. The summed E-state index contributed by atoms with van der Waals surface area (Å²) in [5, 5.41) is 7.67. The highest BCUT2D eigenvalue weighted by Crippen LogP contribution is 2.43. The third-order valence-electron chi connectivity index (χ3n) is 12.5. The van der Waals surface area contributed by atoms with Gasteiger partial charge >= 0.3 is 0 Å². The predicted molar refractivity (Wildman–Crippen MR) is 275 cm³/mol. The summed E-state index contributed by atoms with van der Waals surface area (Å²) in [7, 11) is 0. The van der Waals surface area contributed by atoms with Crippen LogP contribution in [0, 0.1) is 0 Å². The Kier molecular flexibility index (Phi) is 10.1. The second-order valence-electron chi connectivity index (χ2n) is 16.7. The van der Waals surface area contributed by atoms with Crippen molar-refractivity contribution in [1.29, 1.82) is 0 Å². The summed E-state index contributed by atoms with van der Waals surface area (Å²) in [4.78, 5) is 15.5. The van der Waals surface area contributed by atoms with Crippen molar-refractivity contribution >= 4 is 16.3 Å². The molecule has 0 spiro atoms. The first-order valence-electron chi connectivity index (χ1n) is 22.6. The van der Waals surface area contributed by atoms with Crippen molar-refractivity contribution in [3.05, 3.63) is 249 Å². The standard InChI is InChI=1S/C62H41N5/c1-6-18-42(19-7-1)44-32-36-49(37-33-44)60-63-61(50-38-34-45(35-39-50)43-20-8-2-9-21-43)65-62(64-60)52-29-16-28-51(40-52)53-30-17-31-54-55(53)41-56(46-22-10-3-11-23-46)67-59(54)57(47-24-12-4-13-25-47)58(66-67)48-26-14-5-15-27-48/h1-41H. The number of hydrogen-bond acceptors (Lipinski definition) is 4. The minimum atomic E-state index is 0.600. The molecule has 67 heavy (non-hydrogen) atoms. The van der Waals surface area contributed by atoms with Crippen molar-refractivity contribution in [3.63, 3.8) is 0 Å². The predicted octanol–water partition coefficient (Wildman–Crippen LogP) is 15.7. The van der Waals surface area contributed by atoms with Crippen molar-refractivity contribution < 1.29 is 0 Å². The molecule has 5 nitrogen and oxygen atoms in total. The number of pyridine rings is 1. The van der Waals surface area contributed by atoms with Crippen LogP contribution in [0.25, 0.3) is 117 Å². The van der Waals surface area contributed by atoms with Crippen molar-refractivity contribution in [3.8, 4) is 101 Å². The Morgan fingerprint density at radius 2 is 0.672 bits per heavy atom. The summed E-state index contributed by atoms with van der Waals surface area (Å²) in [5.74, 6) is 1.82. The van der Waals surface area contributed by atoms with Crippen LogP contribution in [-0.4, -0.2) is 24.6 Å². The summed E-state index contributed by atoms with van der Waals surface area (Å²) >= 11 is 0. The summed E-state index contributed by atoms with van der Waals surface area (Å²) < 4.78 is 2.15. The van der Waals surface area contributed by atoms with E-state index in [0.717, 1.165) is 100 Å². The second kappa shape index (κ2) is 17.1. The van der Waals surface area contributed by atoms with Crippen LogP contribution in [-0.2, 0) is 0 Å². The van der Waals surface area contributed by atoms with E-state index in [1.165, 1.54) is 0 Å². The van der Waals surface area contributed by atoms with Gasteiger partial charge in [-0.3, -0.25) is 0 Å². The lowest BCUT2D eigenvalue weighted by Gasteiger charge is -2.14. The molecule has 5 heteroatoms. The van der Waals surface area contributed by atoms with E-state index in [1.807, 2.05) is 12.1 Å².